The smallest absolute Gasteiger partial charge is 0.257 e. The van der Waals surface area contributed by atoms with Gasteiger partial charge in [-0.25, -0.2) is 5.43 Å². The van der Waals surface area contributed by atoms with Gasteiger partial charge in [-0.15, -0.1) is 0 Å². The van der Waals surface area contributed by atoms with E-state index in [0.29, 0.717) is 17.6 Å². The van der Waals surface area contributed by atoms with E-state index in [1.165, 1.54) is 31.3 Å². The fraction of sp³-hybridized carbons (Fsp3) is 0.808. The molecule has 0 aromatic carbocycles. The van der Waals surface area contributed by atoms with Crippen LogP contribution in [0, 0.1) is 40.4 Å². The third-order valence-electron chi connectivity index (χ3n) is 9.80. The first kappa shape index (κ1) is 22.7. The van der Waals surface area contributed by atoms with Crippen LogP contribution in [0.1, 0.15) is 86.0 Å². The minimum absolute atomic E-state index is 0.0960. The molecule has 3 saturated carbocycles. The monoisotopic (exact) mass is 427 g/mol. The van der Waals surface area contributed by atoms with E-state index >= 15 is 0 Å². The Balaban J connectivity index is 1.51. The molecule has 4 aliphatic carbocycles. The number of hydrogen-bond donors (Lipinski definition) is 2. The number of carbonyl (C=O) groups excluding carboxylic acids is 2. The summed E-state index contributed by atoms with van der Waals surface area (Å²) in [4.78, 5) is 24.5. The molecule has 31 heavy (non-hydrogen) atoms. The quantitative estimate of drug-likeness (QED) is 0.643. The normalized spacial score (nSPS) is 41.8. The molecule has 4 aliphatic rings. The number of fused-ring (bicyclic) bond motifs is 5. The maximum Gasteiger partial charge on any atom is 0.257 e. The Kier molecular flexibility index (Phi) is 5.95. The maximum atomic E-state index is 12.3. The zero-order chi connectivity index (χ0) is 22.6. The molecule has 0 heterocycles. The lowest BCUT2D eigenvalue weighted by atomic mass is 9.46. The highest BCUT2D eigenvalue weighted by Gasteiger charge is 2.59. The van der Waals surface area contributed by atoms with Gasteiger partial charge < -0.3 is 5.73 Å². The van der Waals surface area contributed by atoms with Crippen molar-refractivity contribution in [3.63, 3.8) is 0 Å². The molecule has 0 aromatic heterocycles. The lowest BCUT2D eigenvalue weighted by Crippen LogP contribution is -2.51. The molecule has 5 heteroatoms. The summed E-state index contributed by atoms with van der Waals surface area (Å²) in [7, 11) is 0. The summed E-state index contributed by atoms with van der Waals surface area (Å²) in [6.45, 7) is 10.6. The van der Waals surface area contributed by atoms with Crippen molar-refractivity contribution in [3.8, 4) is 0 Å². The number of rotatable bonds is 4. The average Bonchev–Trinajstić information content (AvgIpc) is 3.08. The van der Waals surface area contributed by atoms with Crippen molar-refractivity contribution in [1.29, 1.82) is 0 Å². The lowest BCUT2D eigenvalue weighted by Gasteiger charge is -2.58. The molecule has 172 valence electrons. The molecular formula is C26H41N3O2. The van der Waals surface area contributed by atoms with Crippen molar-refractivity contribution < 1.29 is 9.59 Å². The zero-order valence-corrected chi connectivity index (χ0v) is 20.0. The van der Waals surface area contributed by atoms with Gasteiger partial charge in [0.1, 0.15) is 5.78 Å². The number of ketones is 1. The summed E-state index contributed by atoms with van der Waals surface area (Å²) in [6, 6.07) is -0.525. The molecule has 0 radical (unpaired) electrons. The van der Waals surface area contributed by atoms with Gasteiger partial charge in [0.25, 0.3) is 5.91 Å². The Morgan fingerprint density at radius 1 is 1.10 bits per heavy atom. The second kappa shape index (κ2) is 8.13. The summed E-state index contributed by atoms with van der Waals surface area (Å²) >= 11 is 0. The van der Waals surface area contributed by atoms with Crippen LogP contribution in [0.25, 0.3) is 0 Å². The molecule has 0 aliphatic heterocycles. The maximum absolute atomic E-state index is 12.3. The Morgan fingerprint density at radius 2 is 1.84 bits per heavy atom. The Morgan fingerprint density at radius 3 is 2.52 bits per heavy atom. The van der Waals surface area contributed by atoms with Crippen molar-refractivity contribution in [2.75, 3.05) is 0 Å². The van der Waals surface area contributed by atoms with Crippen LogP contribution in [0.2, 0.25) is 0 Å². The van der Waals surface area contributed by atoms with Gasteiger partial charge in [-0.1, -0.05) is 33.3 Å². The first-order valence-corrected chi connectivity index (χ1v) is 12.4. The number of allylic oxidation sites excluding steroid dienone is 2. The first-order valence-electron chi connectivity index (χ1n) is 12.4. The second-order valence-electron chi connectivity index (χ2n) is 11.6. The van der Waals surface area contributed by atoms with Gasteiger partial charge >= 0.3 is 0 Å². The van der Waals surface area contributed by atoms with E-state index in [2.05, 4.69) is 30.5 Å². The molecule has 1 amide bonds. The summed E-state index contributed by atoms with van der Waals surface area (Å²) in [5.41, 5.74) is 11.6. The summed E-state index contributed by atoms with van der Waals surface area (Å²) in [5.74, 6) is 2.72. The molecule has 5 nitrogen and oxygen atoms in total. The molecule has 0 saturated heterocycles. The van der Waals surface area contributed by atoms with Gasteiger partial charge in [-0.3, -0.25) is 9.59 Å². The van der Waals surface area contributed by atoms with Crippen LogP contribution in [0.4, 0.5) is 0 Å². The van der Waals surface area contributed by atoms with Crippen molar-refractivity contribution in [3.05, 3.63) is 11.6 Å². The topological polar surface area (TPSA) is 84.5 Å². The van der Waals surface area contributed by atoms with Crippen LogP contribution < -0.4 is 11.2 Å². The van der Waals surface area contributed by atoms with Crippen molar-refractivity contribution in [1.82, 2.24) is 5.43 Å². The number of hydrazone groups is 1. The third kappa shape index (κ3) is 3.71. The van der Waals surface area contributed by atoms with Gasteiger partial charge in [0, 0.05) is 5.92 Å². The largest absolute Gasteiger partial charge is 0.320 e. The first-order chi connectivity index (χ1) is 14.6. The molecule has 7 atom stereocenters. The minimum atomic E-state index is -0.525. The molecule has 4 rings (SSSR count). The van der Waals surface area contributed by atoms with E-state index in [1.54, 1.807) is 0 Å². The van der Waals surface area contributed by atoms with Crippen molar-refractivity contribution in [2.24, 2.45) is 51.3 Å². The predicted molar refractivity (Wildman–Crippen MR) is 124 cm³/mol. The number of Topliss-reactive ketones (excluding diaryl/α,β-unsaturated/α-hetero) is 1. The van der Waals surface area contributed by atoms with Crippen LogP contribution in [0.3, 0.4) is 0 Å². The SMILES string of the molecule is CC(=O)[C@H]1CCC2C3CCC4=C/C(=N/NC(=O)[C@@H](N)C(C)C)CC[C@]4(C)C3CC[C@@]21C. The Labute approximate surface area is 187 Å². The van der Waals surface area contributed by atoms with E-state index in [9.17, 15) is 9.59 Å². The number of nitrogens with two attached hydrogens (primary N) is 1. The molecule has 3 unspecified atom stereocenters. The van der Waals surface area contributed by atoms with Crippen LogP contribution in [-0.2, 0) is 9.59 Å². The van der Waals surface area contributed by atoms with Crippen LogP contribution in [-0.4, -0.2) is 23.4 Å². The van der Waals surface area contributed by atoms with Gasteiger partial charge in [0.15, 0.2) is 0 Å². The second-order valence-corrected chi connectivity index (χ2v) is 11.6. The predicted octanol–water partition coefficient (Wildman–Crippen LogP) is 4.61. The van der Waals surface area contributed by atoms with E-state index in [4.69, 9.17) is 5.73 Å². The number of nitrogens with zero attached hydrogens (tertiary/aromatic N) is 1. The van der Waals surface area contributed by atoms with Crippen LogP contribution in [0.5, 0.6) is 0 Å². The summed E-state index contributed by atoms with van der Waals surface area (Å²) in [6.07, 6.45) is 11.4. The molecule has 0 spiro atoms. The van der Waals surface area contributed by atoms with Crippen molar-refractivity contribution in [2.45, 2.75) is 92.0 Å². The standard InChI is InChI=1S/C26H41N3O2/c1-15(2)23(27)24(31)29-28-18-10-12-25(4)17(14-18)6-7-19-21-9-8-20(16(3)30)26(21,5)13-11-22(19)25/h14-15,19-23H,6-13,27H2,1-5H3,(H,29,31)/b28-18+/t19?,20-,21?,22?,23+,25+,26-/m1/s1. The highest BCUT2D eigenvalue weighted by Crippen LogP contribution is 2.66. The van der Waals surface area contributed by atoms with Gasteiger partial charge in [-0.2, -0.15) is 5.10 Å². The number of nitrogens with one attached hydrogen (secondary N) is 1. The Bertz CT molecular complexity index is 815. The summed E-state index contributed by atoms with van der Waals surface area (Å²) < 4.78 is 0. The van der Waals surface area contributed by atoms with Crippen LogP contribution >= 0.6 is 0 Å². The average molecular weight is 428 g/mol. The van der Waals surface area contributed by atoms with Gasteiger partial charge in [-0.05, 0) is 98.9 Å². The van der Waals surface area contributed by atoms with E-state index in [1.807, 2.05) is 20.8 Å². The molecule has 0 aromatic rings. The third-order valence-corrected chi connectivity index (χ3v) is 9.80. The van der Waals surface area contributed by atoms with Crippen LogP contribution in [0.15, 0.2) is 16.8 Å². The molecule has 3 fully saturated rings. The number of carbonyl (C=O) groups is 2. The molecular weight excluding hydrogens is 386 g/mol. The molecule has 3 N–H and O–H groups in total. The van der Waals surface area contributed by atoms with E-state index < -0.39 is 6.04 Å². The number of hydrogen-bond acceptors (Lipinski definition) is 4. The lowest BCUT2D eigenvalue weighted by molar-refractivity contribution is -0.127. The zero-order valence-electron chi connectivity index (χ0n) is 20.0. The highest BCUT2D eigenvalue weighted by atomic mass is 16.2. The fourth-order valence-corrected chi connectivity index (χ4v) is 7.83. The fourth-order valence-electron chi connectivity index (χ4n) is 7.83. The Hall–Kier alpha value is -1.49. The van der Waals surface area contributed by atoms with Crippen molar-refractivity contribution >= 4 is 17.4 Å². The minimum Gasteiger partial charge on any atom is -0.320 e. The van der Waals surface area contributed by atoms with Gasteiger partial charge in [0.2, 0.25) is 0 Å². The molecule has 0 bridgehead atoms. The highest BCUT2D eigenvalue weighted by molar-refractivity contribution is 5.97. The van der Waals surface area contributed by atoms with E-state index in [0.717, 1.165) is 37.3 Å². The van der Waals surface area contributed by atoms with E-state index in [-0.39, 0.29) is 28.6 Å². The van der Waals surface area contributed by atoms with Gasteiger partial charge in [0.05, 0.1) is 11.8 Å². The number of amides is 1. The summed E-state index contributed by atoms with van der Waals surface area (Å²) in [5, 5.41) is 4.43.